The van der Waals surface area contributed by atoms with Crippen molar-refractivity contribution in [3.63, 3.8) is 0 Å². The van der Waals surface area contributed by atoms with Crippen LogP contribution in [0.3, 0.4) is 0 Å². The molecule has 2 amide bonds. The lowest BCUT2D eigenvalue weighted by atomic mass is 10.1. The molecular formula is C22H24FN5O4. The first-order valence-electron chi connectivity index (χ1n) is 10.0. The number of aromatic nitrogens is 2. The topological polar surface area (TPSA) is 125 Å². The van der Waals surface area contributed by atoms with Crippen molar-refractivity contribution in [2.24, 2.45) is 0 Å². The molecule has 0 aliphatic heterocycles. The largest absolute Gasteiger partial charge is 0.504 e. The van der Waals surface area contributed by atoms with Gasteiger partial charge in [0.05, 0.1) is 12.8 Å². The molecule has 0 spiro atoms. The summed E-state index contributed by atoms with van der Waals surface area (Å²) in [5, 5.41) is 19.7. The number of nitrogens with zero attached hydrogens (tertiary/aromatic N) is 2. The van der Waals surface area contributed by atoms with Gasteiger partial charge in [-0.2, -0.15) is 0 Å². The summed E-state index contributed by atoms with van der Waals surface area (Å²) in [6, 6.07) is 9.26. The normalized spacial score (nSPS) is 10.7. The van der Waals surface area contributed by atoms with E-state index in [0.29, 0.717) is 42.7 Å². The lowest BCUT2D eigenvalue weighted by Gasteiger charge is -2.12. The molecule has 0 aliphatic rings. The van der Waals surface area contributed by atoms with Gasteiger partial charge in [-0.3, -0.25) is 9.78 Å². The minimum absolute atomic E-state index is 0.124. The van der Waals surface area contributed by atoms with E-state index < -0.39 is 12.0 Å². The fraction of sp³-hybridized carbons (Fsp3) is 0.273. The third kappa shape index (κ3) is 5.88. The number of methoxy groups -OCH3 is 1. The van der Waals surface area contributed by atoms with Crippen LogP contribution in [0.2, 0.25) is 0 Å². The summed E-state index contributed by atoms with van der Waals surface area (Å²) in [6.07, 6.45) is 1.50. The molecule has 9 nitrogen and oxygen atoms in total. The molecule has 0 saturated heterocycles. The first kappa shape index (κ1) is 22.9. The van der Waals surface area contributed by atoms with Gasteiger partial charge in [-0.25, -0.2) is 14.2 Å². The van der Waals surface area contributed by atoms with Gasteiger partial charge in [0.25, 0.3) is 5.91 Å². The van der Waals surface area contributed by atoms with Crippen LogP contribution in [0, 0.1) is 5.82 Å². The summed E-state index contributed by atoms with van der Waals surface area (Å²) in [5.74, 6) is -1.22. The molecule has 10 heteroatoms. The third-order valence-corrected chi connectivity index (χ3v) is 4.69. The minimum atomic E-state index is -0.559. The van der Waals surface area contributed by atoms with Crippen molar-refractivity contribution >= 4 is 22.9 Å². The summed E-state index contributed by atoms with van der Waals surface area (Å²) in [4.78, 5) is 32.4. The second-order valence-corrected chi connectivity index (χ2v) is 6.88. The molecule has 3 rings (SSSR count). The van der Waals surface area contributed by atoms with Crippen molar-refractivity contribution in [1.29, 1.82) is 0 Å². The maximum Gasteiger partial charge on any atom is 0.406 e. The second kappa shape index (κ2) is 11.0. The van der Waals surface area contributed by atoms with E-state index in [1.165, 1.54) is 25.4 Å². The van der Waals surface area contributed by atoms with E-state index in [4.69, 9.17) is 0 Å². The molecule has 4 N–H and O–H groups in total. The van der Waals surface area contributed by atoms with Crippen LogP contribution in [0.5, 0.6) is 5.75 Å². The maximum atomic E-state index is 13.1. The van der Waals surface area contributed by atoms with E-state index in [2.05, 4.69) is 30.7 Å². The number of carbonyl (C=O) groups excluding carboxylic acids is 2. The van der Waals surface area contributed by atoms with Gasteiger partial charge in [-0.15, -0.1) is 0 Å². The highest BCUT2D eigenvalue weighted by atomic mass is 19.1. The van der Waals surface area contributed by atoms with Gasteiger partial charge in [0.2, 0.25) is 0 Å². The van der Waals surface area contributed by atoms with E-state index in [9.17, 15) is 19.1 Å². The van der Waals surface area contributed by atoms with Crippen molar-refractivity contribution in [2.75, 3.05) is 26.7 Å². The molecule has 0 bridgehead atoms. The Morgan fingerprint density at radius 2 is 1.88 bits per heavy atom. The average Bonchev–Trinajstić information content (AvgIpc) is 2.81. The van der Waals surface area contributed by atoms with Gasteiger partial charge in [-0.1, -0.05) is 12.1 Å². The zero-order valence-electron chi connectivity index (χ0n) is 17.5. The lowest BCUT2D eigenvalue weighted by molar-refractivity contribution is 0.0943. The zero-order chi connectivity index (χ0) is 22.9. The molecule has 0 unspecified atom stereocenters. The Kier molecular flexibility index (Phi) is 7.87. The van der Waals surface area contributed by atoms with Crippen LogP contribution in [-0.4, -0.2) is 53.8 Å². The molecule has 0 atom stereocenters. The summed E-state index contributed by atoms with van der Waals surface area (Å²) in [7, 11) is 1.30. The Morgan fingerprint density at radius 3 is 2.62 bits per heavy atom. The number of benzene rings is 1. The zero-order valence-corrected chi connectivity index (χ0v) is 17.5. The Hall–Kier alpha value is -3.79. The number of aromatic hydroxyl groups is 1. The number of pyridine rings is 2. The molecule has 2 heterocycles. The number of alkyl carbamates (subject to hydrolysis) is 1. The fourth-order valence-corrected chi connectivity index (χ4v) is 3.06. The number of carbonyl (C=O) groups is 2. The van der Waals surface area contributed by atoms with Crippen molar-refractivity contribution < 1.29 is 23.8 Å². The van der Waals surface area contributed by atoms with Crippen molar-refractivity contribution in [2.45, 2.75) is 13.0 Å². The Morgan fingerprint density at radius 1 is 1.09 bits per heavy atom. The second-order valence-electron chi connectivity index (χ2n) is 6.88. The van der Waals surface area contributed by atoms with Crippen molar-refractivity contribution in [3.05, 3.63) is 65.4 Å². The van der Waals surface area contributed by atoms with Crippen LogP contribution >= 0.6 is 0 Å². The molecule has 1 aromatic carbocycles. The van der Waals surface area contributed by atoms with Crippen LogP contribution in [0.1, 0.15) is 21.7 Å². The Balaban J connectivity index is 1.69. The van der Waals surface area contributed by atoms with Crippen molar-refractivity contribution in [1.82, 2.24) is 25.9 Å². The molecule has 0 saturated carbocycles. The van der Waals surface area contributed by atoms with Crippen LogP contribution in [-0.2, 0) is 17.7 Å². The van der Waals surface area contributed by atoms with Crippen LogP contribution < -0.4 is 16.0 Å². The quantitative estimate of drug-likeness (QED) is 0.374. The molecule has 0 aliphatic carbocycles. The average molecular weight is 441 g/mol. The number of ether oxygens (including phenoxy) is 1. The smallest absolute Gasteiger partial charge is 0.406 e. The number of hydrogen-bond acceptors (Lipinski definition) is 7. The number of rotatable bonds is 9. The van der Waals surface area contributed by atoms with Gasteiger partial charge >= 0.3 is 6.09 Å². The highest BCUT2D eigenvalue weighted by molar-refractivity contribution is 6.01. The summed E-state index contributed by atoms with van der Waals surface area (Å²) in [5.41, 5.74) is 1.48. The van der Waals surface area contributed by atoms with Gasteiger partial charge in [0.1, 0.15) is 11.3 Å². The van der Waals surface area contributed by atoms with Gasteiger partial charge < -0.3 is 25.8 Å². The first-order valence-corrected chi connectivity index (χ1v) is 10.0. The van der Waals surface area contributed by atoms with E-state index in [0.717, 1.165) is 0 Å². The summed E-state index contributed by atoms with van der Waals surface area (Å²) >= 11 is 0. The Bertz CT molecular complexity index is 1090. The predicted octanol–water partition coefficient (Wildman–Crippen LogP) is 1.89. The number of hydrogen-bond donors (Lipinski definition) is 4. The van der Waals surface area contributed by atoms with E-state index >= 15 is 0 Å². The molecular weight excluding hydrogens is 417 g/mol. The predicted molar refractivity (Wildman–Crippen MR) is 116 cm³/mol. The summed E-state index contributed by atoms with van der Waals surface area (Å²) < 4.78 is 17.6. The molecule has 3 aromatic rings. The van der Waals surface area contributed by atoms with Crippen LogP contribution in [0.15, 0.2) is 42.6 Å². The van der Waals surface area contributed by atoms with Crippen molar-refractivity contribution in [3.8, 4) is 5.75 Å². The minimum Gasteiger partial charge on any atom is -0.504 e. The molecule has 0 fully saturated rings. The third-order valence-electron chi connectivity index (χ3n) is 4.69. The highest BCUT2D eigenvalue weighted by Gasteiger charge is 2.19. The van der Waals surface area contributed by atoms with E-state index in [1.807, 2.05) is 0 Å². The maximum absolute atomic E-state index is 13.1. The lowest BCUT2D eigenvalue weighted by Crippen LogP contribution is -2.32. The van der Waals surface area contributed by atoms with Gasteiger partial charge in [0.15, 0.2) is 11.4 Å². The summed E-state index contributed by atoms with van der Waals surface area (Å²) in [6.45, 7) is 1.61. The van der Waals surface area contributed by atoms with E-state index in [-0.39, 0.29) is 29.3 Å². The Labute approximate surface area is 184 Å². The highest BCUT2D eigenvalue weighted by Crippen LogP contribution is 2.28. The SMILES string of the molecule is COC(=O)NCCNCCc1nc(C(=O)NCc2ccc(F)cc2)c(O)c2ncccc12. The number of halogens is 1. The van der Waals surface area contributed by atoms with E-state index in [1.54, 1.807) is 24.3 Å². The molecule has 2 aromatic heterocycles. The monoisotopic (exact) mass is 441 g/mol. The van der Waals surface area contributed by atoms with Crippen LogP contribution in [0.4, 0.5) is 9.18 Å². The number of fused-ring (bicyclic) bond motifs is 1. The van der Waals surface area contributed by atoms with Gasteiger partial charge in [-0.05, 0) is 29.8 Å². The van der Waals surface area contributed by atoms with Crippen LogP contribution in [0.25, 0.3) is 10.9 Å². The molecule has 32 heavy (non-hydrogen) atoms. The first-order chi connectivity index (χ1) is 15.5. The number of amides is 2. The number of nitrogens with one attached hydrogen (secondary N) is 3. The molecule has 0 radical (unpaired) electrons. The standard InChI is InChI=1S/C22H24FN5O4/c1-32-22(31)26-12-11-24-10-8-17-16-3-2-9-25-18(16)20(29)19(28-17)21(30)27-13-14-4-6-15(23)7-5-14/h2-7,9,24,29H,8,10-13H2,1H3,(H,26,31)(H,27,30). The molecule has 168 valence electrons. The fourth-order valence-electron chi connectivity index (χ4n) is 3.06. The van der Waals surface area contributed by atoms with Gasteiger partial charge in [0, 0.05) is 44.2 Å².